The first-order valence-electron chi connectivity index (χ1n) is 10.2. The van der Waals surface area contributed by atoms with Gasteiger partial charge in [0.25, 0.3) is 0 Å². The Bertz CT molecular complexity index is 777. The minimum atomic E-state index is 0.784. The molecule has 0 aliphatic carbocycles. The molecule has 2 aromatic carbocycles. The third-order valence-corrected chi connectivity index (χ3v) is 4.25. The summed E-state index contributed by atoms with van der Waals surface area (Å²) in [6.45, 7) is 5.19. The standard InChI is InChI=1S/C26H30O/c1-3-5-7-8-9-11-23-12-14-24(15-13-23)16-17-25-18-20-26(21-19-25)27-22-10-6-4-2/h12-15,18-21H,3-8,10,22H2,1-2H3. The molecule has 0 spiro atoms. The van der Waals surface area contributed by atoms with Crippen LogP contribution in [0.2, 0.25) is 0 Å². The van der Waals surface area contributed by atoms with Crippen LogP contribution in [-0.2, 0) is 0 Å². The topological polar surface area (TPSA) is 9.23 Å². The molecular weight excluding hydrogens is 328 g/mol. The fraction of sp³-hybridized carbons (Fsp3) is 0.385. The van der Waals surface area contributed by atoms with Crippen LogP contribution in [0.1, 0.15) is 75.5 Å². The average Bonchev–Trinajstić information content (AvgIpc) is 2.71. The van der Waals surface area contributed by atoms with Crippen LogP contribution in [0, 0.1) is 23.7 Å². The van der Waals surface area contributed by atoms with Crippen molar-refractivity contribution in [3.63, 3.8) is 0 Å². The van der Waals surface area contributed by atoms with Crippen LogP contribution in [0.5, 0.6) is 5.75 Å². The van der Waals surface area contributed by atoms with Crippen LogP contribution in [0.4, 0.5) is 0 Å². The third kappa shape index (κ3) is 8.52. The van der Waals surface area contributed by atoms with Crippen molar-refractivity contribution < 1.29 is 4.74 Å². The van der Waals surface area contributed by atoms with Crippen LogP contribution in [-0.4, -0.2) is 6.61 Å². The lowest BCUT2D eigenvalue weighted by Gasteiger charge is -2.05. The second-order valence-corrected chi connectivity index (χ2v) is 6.67. The number of hydrogen-bond donors (Lipinski definition) is 0. The normalized spacial score (nSPS) is 9.70. The number of rotatable bonds is 8. The molecule has 0 aliphatic rings. The van der Waals surface area contributed by atoms with Crippen molar-refractivity contribution >= 4 is 0 Å². The van der Waals surface area contributed by atoms with Gasteiger partial charge >= 0.3 is 0 Å². The minimum absolute atomic E-state index is 0.784. The molecular formula is C26H30O. The largest absolute Gasteiger partial charge is 0.494 e. The third-order valence-electron chi connectivity index (χ3n) is 4.25. The van der Waals surface area contributed by atoms with E-state index in [0.717, 1.165) is 41.9 Å². The van der Waals surface area contributed by atoms with Crippen molar-refractivity contribution in [2.45, 2.75) is 58.8 Å². The molecule has 27 heavy (non-hydrogen) atoms. The molecule has 0 aliphatic heterocycles. The molecule has 0 atom stereocenters. The first kappa shape index (κ1) is 20.7. The minimum Gasteiger partial charge on any atom is -0.494 e. The lowest BCUT2D eigenvalue weighted by Crippen LogP contribution is -1.96. The summed E-state index contributed by atoms with van der Waals surface area (Å²) in [6.07, 6.45) is 8.20. The number of hydrogen-bond acceptors (Lipinski definition) is 1. The van der Waals surface area contributed by atoms with Gasteiger partial charge in [0.15, 0.2) is 0 Å². The molecule has 2 rings (SSSR count). The highest BCUT2D eigenvalue weighted by Gasteiger charge is 1.94. The zero-order chi connectivity index (χ0) is 19.2. The summed E-state index contributed by atoms with van der Waals surface area (Å²) in [5.74, 6) is 13.8. The quantitative estimate of drug-likeness (QED) is 0.382. The van der Waals surface area contributed by atoms with Gasteiger partial charge in [0.05, 0.1) is 6.61 Å². The van der Waals surface area contributed by atoms with Gasteiger partial charge in [0, 0.05) is 23.1 Å². The Morgan fingerprint density at radius 1 is 0.630 bits per heavy atom. The van der Waals surface area contributed by atoms with E-state index in [2.05, 4.69) is 37.5 Å². The van der Waals surface area contributed by atoms with E-state index in [1.807, 2.05) is 48.5 Å². The Balaban J connectivity index is 1.85. The Morgan fingerprint density at radius 3 is 1.74 bits per heavy atom. The Hall–Kier alpha value is -2.64. The number of benzene rings is 2. The SMILES string of the molecule is CCCCCC#Cc1ccc(C#Cc2ccc(OCCCCC)cc2)cc1. The van der Waals surface area contributed by atoms with Crippen LogP contribution in [0.15, 0.2) is 48.5 Å². The van der Waals surface area contributed by atoms with Crippen molar-refractivity contribution in [2.75, 3.05) is 6.61 Å². The molecule has 0 amide bonds. The van der Waals surface area contributed by atoms with E-state index in [0.29, 0.717) is 0 Å². The van der Waals surface area contributed by atoms with E-state index in [-0.39, 0.29) is 0 Å². The van der Waals surface area contributed by atoms with E-state index in [9.17, 15) is 0 Å². The predicted octanol–water partition coefficient (Wildman–Crippen LogP) is 6.59. The molecule has 2 aromatic rings. The van der Waals surface area contributed by atoms with Crippen LogP contribution in [0.3, 0.4) is 0 Å². The second-order valence-electron chi connectivity index (χ2n) is 6.67. The lowest BCUT2D eigenvalue weighted by atomic mass is 10.1. The van der Waals surface area contributed by atoms with Crippen molar-refractivity contribution in [3.05, 3.63) is 65.2 Å². The van der Waals surface area contributed by atoms with Crippen molar-refractivity contribution in [1.29, 1.82) is 0 Å². The van der Waals surface area contributed by atoms with Gasteiger partial charge in [-0.15, -0.1) is 0 Å². The van der Waals surface area contributed by atoms with E-state index < -0.39 is 0 Å². The van der Waals surface area contributed by atoms with Gasteiger partial charge < -0.3 is 4.74 Å². The van der Waals surface area contributed by atoms with Crippen molar-refractivity contribution in [2.24, 2.45) is 0 Å². The molecule has 0 unspecified atom stereocenters. The molecule has 140 valence electrons. The smallest absolute Gasteiger partial charge is 0.119 e. The summed E-state index contributed by atoms with van der Waals surface area (Å²) in [6, 6.07) is 16.2. The van der Waals surface area contributed by atoms with E-state index in [1.54, 1.807) is 0 Å². The highest BCUT2D eigenvalue weighted by atomic mass is 16.5. The molecule has 0 fully saturated rings. The van der Waals surface area contributed by atoms with Gasteiger partial charge in [0.1, 0.15) is 5.75 Å². The zero-order valence-electron chi connectivity index (χ0n) is 16.7. The molecule has 0 bridgehead atoms. The summed E-state index contributed by atoms with van der Waals surface area (Å²) in [5, 5.41) is 0. The van der Waals surface area contributed by atoms with Gasteiger partial charge in [-0.2, -0.15) is 0 Å². The summed E-state index contributed by atoms with van der Waals surface area (Å²) in [5.41, 5.74) is 3.06. The van der Waals surface area contributed by atoms with Gasteiger partial charge in [-0.3, -0.25) is 0 Å². The summed E-state index contributed by atoms with van der Waals surface area (Å²) in [4.78, 5) is 0. The fourth-order valence-corrected chi connectivity index (χ4v) is 2.59. The van der Waals surface area contributed by atoms with Gasteiger partial charge in [-0.1, -0.05) is 63.2 Å². The molecule has 0 saturated heterocycles. The molecule has 0 saturated carbocycles. The Labute approximate surface area is 165 Å². The monoisotopic (exact) mass is 358 g/mol. The zero-order valence-corrected chi connectivity index (χ0v) is 16.7. The molecule has 1 nitrogen and oxygen atoms in total. The lowest BCUT2D eigenvalue weighted by molar-refractivity contribution is 0.306. The number of unbranched alkanes of at least 4 members (excludes halogenated alkanes) is 5. The van der Waals surface area contributed by atoms with Gasteiger partial charge in [0.2, 0.25) is 0 Å². The first-order chi connectivity index (χ1) is 13.3. The van der Waals surface area contributed by atoms with Gasteiger partial charge in [-0.05, 0) is 61.4 Å². The van der Waals surface area contributed by atoms with Gasteiger partial charge in [-0.25, -0.2) is 0 Å². The highest BCUT2D eigenvalue weighted by molar-refractivity contribution is 5.46. The molecule has 0 heterocycles. The molecule has 0 N–H and O–H groups in total. The summed E-state index contributed by atoms with van der Waals surface area (Å²) >= 11 is 0. The summed E-state index contributed by atoms with van der Waals surface area (Å²) < 4.78 is 5.73. The molecule has 0 radical (unpaired) electrons. The van der Waals surface area contributed by atoms with Crippen molar-refractivity contribution in [3.8, 4) is 29.4 Å². The Morgan fingerprint density at radius 2 is 1.15 bits per heavy atom. The van der Waals surface area contributed by atoms with Crippen LogP contribution in [0.25, 0.3) is 0 Å². The van der Waals surface area contributed by atoms with Crippen molar-refractivity contribution in [1.82, 2.24) is 0 Å². The second kappa shape index (κ2) is 12.7. The highest BCUT2D eigenvalue weighted by Crippen LogP contribution is 2.12. The van der Waals surface area contributed by atoms with Crippen LogP contribution < -0.4 is 4.74 Å². The first-order valence-corrected chi connectivity index (χ1v) is 10.2. The average molecular weight is 359 g/mol. The maximum Gasteiger partial charge on any atom is 0.119 e. The fourth-order valence-electron chi connectivity index (χ4n) is 2.59. The van der Waals surface area contributed by atoms with E-state index in [1.165, 1.54) is 32.1 Å². The maximum atomic E-state index is 5.73. The van der Waals surface area contributed by atoms with Crippen LogP contribution >= 0.6 is 0 Å². The van der Waals surface area contributed by atoms with E-state index in [4.69, 9.17) is 4.74 Å². The maximum absolute atomic E-state index is 5.73. The summed E-state index contributed by atoms with van der Waals surface area (Å²) in [7, 11) is 0. The Kier molecular flexibility index (Phi) is 9.70. The van der Waals surface area contributed by atoms with E-state index >= 15 is 0 Å². The molecule has 1 heteroatoms. The molecule has 0 aromatic heterocycles. The number of ether oxygens (including phenoxy) is 1. The predicted molar refractivity (Wildman–Crippen MR) is 115 cm³/mol.